The molecule has 1 aromatic carbocycles. The molecule has 0 heterocycles. The SMILES string of the molecule is O=C(c1ccccc1OC(F)F)N(CCCl)C1CC1. The zero-order chi connectivity index (χ0) is 13.8. The lowest BCUT2D eigenvalue weighted by Crippen LogP contribution is -2.35. The van der Waals surface area contributed by atoms with E-state index in [1.807, 2.05) is 0 Å². The maximum Gasteiger partial charge on any atom is 0.387 e. The zero-order valence-electron chi connectivity index (χ0n) is 10.2. The van der Waals surface area contributed by atoms with Crippen molar-refractivity contribution in [2.45, 2.75) is 25.5 Å². The van der Waals surface area contributed by atoms with Gasteiger partial charge in [-0.15, -0.1) is 11.6 Å². The second-order valence-electron chi connectivity index (χ2n) is 4.29. The lowest BCUT2D eigenvalue weighted by molar-refractivity contribution is -0.0502. The Morgan fingerprint density at radius 1 is 1.42 bits per heavy atom. The number of carbonyl (C=O) groups excluding carboxylic acids is 1. The summed E-state index contributed by atoms with van der Waals surface area (Å²) in [5, 5.41) is 0. The first-order chi connectivity index (χ1) is 9.13. The topological polar surface area (TPSA) is 29.5 Å². The molecule has 0 radical (unpaired) electrons. The van der Waals surface area contributed by atoms with Crippen LogP contribution in [-0.2, 0) is 0 Å². The van der Waals surface area contributed by atoms with E-state index in [1.165, 1.54) is 12.1 Å². The summed E-state index contributed by atoms with van der Waals surface area (Å²) in [7, 11) is 0. The van der Waals surface area contributed by atoms with Crippen LogP contribution in [0.1, 0.15) is 23.2 Å². The third-order valence-electron chi connectivity index (χ3n) is 2.91. The molecule has 0 bridgehead atoms. The molecular formula is C13H14ClF2NO2. The molecule has 1 aromatic rings. The number of hydrogen-bond donors (Lipinski definition) is 0. The van der Waals surface area contributed by atoms with Gasteiger partial charge in [0.15, 0.2) is 0 Å². The normalized spacial score (nSPS) is 14.5. The monoisotopic (exact) mass is 289 g/mol. The molecule has 6 heteroatoms. The van der Waals surface area contributed by atoms with Gasteiger partial charge in [0.05, 0.1) is 5.56 Å². The first kappa shape index (κ1) is 14.1. The number of benzene rings is 1. The standard InChI is InChI=1S/C13H14ClF2NO2/c14-7-8-17(9-5-6-9)12(18)10-3-1-2-4-11(10)19-13(15)16/h1-4,9,13H,5-8H2. The number of rotatable bonds is 6. The predicted octanol–water partition coefficient (Wildman–Crippen LogP) is 3.13. The highest BCUT2D eigenvalue weighted by Crippen LogP contribution is 2.30. The van der Waals surface area contributed by atoms with Gasteiger partial charge in [-0.1, -0.05) is 12.1 Å². The van der Waals surface area contributed by atoms with E-state index in [1.54, 1.807) is 17.0 Å². The van der Waals surface area contributed by atoms with Crippen LogP contribution in [0.4, 0.5) is 8.78 Å². The van der Waals surface area contributed by atoms with E-state index in [9.17, 15) is 13.6 Å². The Balaban J connectivity index is 2.21. The van der Waals surface area contributed by atoms with Gasteiger partial charge in [0, 0.05) is 18.5 Å². The summed E-state index contributed by atoms with van der Waals surface area (Å²) in [4.78, 5) is 14.0. The maximum atomic E-state index is 12.4. The molecule has 2 rings (SSSR count). The number of ether oxygens (including phenoxy) is 1. The molecule has 1 amide bonds. The quantitative estimate of drug-likeness (QED) is 0.753. The van der Waals surface area contributed by atoms with Gasteiger partial charge in [-0.3, -0.25) is 4.79 Å². The van der Waals surface area contributed by atoms with E-state index in [-0.39, 0.29) is 23.3 Å². The molecule has 0 aromatic heterocycles. The van der Waals surface area contributed by atoms with Crippen LogP contribution < -0.4 is 4.74 Å². The average molecular weight is 290 g/mol. The van der Waals surface area contributed by atoms with Crippen LogP contribution in [0, 0.1) is 0 Å². The van der Waals surface area contributed by atoms with Crippen molar-refractivity contribution < 1.29 is 18.3 Å². The molecule has 104 valence electrons. The van der Waals surface area contributed by atoms with Gasteiger partial charge >= 0.3 is 6.61 Å². The number of amides is 1. The smallest absolute Gasteiger partial charge is 0.387 e. The first-order valence-electron chi connectivity index (χ1n) is 6.04. The number of hydrogen-bond acceptors (Lipinski definition) is 2. The fourth-order valence-electron chi connectivity index (χ4n) is 1.92. The molecule has 1 saturated carbocycles. The van der Waals surface area contributed by atoms with Crippen LogP contribution in [0.15, 0.2) is 24.3 Å². The maximum absolute atomic E-state index is 12.4. The van der Waals surface area contributed by atoms with Crippen LogP contribution in [0.3, 0.4) is 0 Å². The van der Waals surface area contributed by atoms with Gasteiger partial charge in [-0.05, 0) is 25.0 Å². The number of halogens is 3. The summed E-state index contributed by atoms with van der Waals surface area (Å²) >= 11 is 5.68. The summed E-state index contributed by atoms with van der Waals surface area (Å²) in [6, 6.07) is 6.20. The molecule has 0 unspecified atom stereocenters. The van der Waals surface area contributed by atoms with Gasteiger partial charge < -0.3 is 9.64 Å². The third-order valence-corrected chi connectivity index (χ3v) is 3.08. The second kappa shape index (κ2) is 6.19. The summed E-state index contributed by atoms with van der Waals surface area (Å²) in [6.45, 7) is -2.54. The highest BCUT2D eigenvalue weighted by molar-refractivity contribution is 6.18. The van der Waals surface area contributed by atoms with E-state index in [0.29, 0.717) is 12.4 Å². The van der Waals surface area contributed by atoms with Gasteiger partial charge in [0.1, 0.15) is 5.75 Å². The minimum absolute atomic E-state index is 0.0947. The van der Waals surface area contributed by atoms with Crippen LogP contribution >= 0.6 is 11.6 Å². The Bertz CT molecular complexity index is 452. The summed E-state index contributed by atoms with van der Waals surface area (Å²) in [5.41, 5.74) is 0.153. The van der Waals surface area contributed by atoms with Crippen molar-refractivity contribution in [3.05, 3.63) is 29.8 Å². The predicted molar refractivity (Wildman–Crippen MR) is 67.9 cm³/mol. The number of nitrogens with zero attached hydrogens (tertiary/aromatic N) is 1. The molecule has 0 spiro atoms. The molecule has 3 nitrogen and oxygen atoms in total. The fraction of sp³-hybridized carbons (Fsp3) is 0.462. The van der Waals surface area contributed by atoms with Crippen molar-refractivity contribution in [1.29, 1.82) is 0 Å². The van der Waals surface area contributed by atoms with E-state index >= 15 is 0 Å². The molecule has 0 saturated heterocycles. The Kier molecular flexibility index (Phi) is 4.58. The molecular weight excluding hydrogens is 276 g/mol. The lowest BCUT2D eigenvalue weighted by Gasteiger charge is -2.22. The highest BCUT2D eigenvalue weighted by Gasteiger charge is 2.33. The van der Waals surface area contributed by atoms with E-state index in [0.717, 1.165) is 12.8 Å². The number of para-hydroxylation sites is 1. The van der Waals surface area contributed by atoms with E-state index in [4.69, 9.17) is 11.6 Å². The number of alkyl halides is 3. The minimum Gasteiger partial charge on any atom is -0.434 e. The Hall–Kier alpha value is -1.36. The van der Waals surface area contributed by atoms with Gasteiger partial charge in [-0.25, -0.2) is 0 Å². The van der Waals surface area contributed by atoms with Gasteiger partial charge in [-0.2, -0.15) is 8.78 Å². The van der Waals surface area contributed by atoms with Crippen molar-refractivity contribution in [1.82, 2.24) is 4.90 Å². The first-order valence-corrected chi connectivity index (χ1v) is 6.57. The second-order valence-corrected chi connectivity index (χ2v) is 4.67. The lowest BCUT2D eigenvalue weighted by atomic mass is 10.1. The fourth-order valence-corrected chi connectivity index (χ4v) is 2.11. The van der Waals surface area contributed by atoms with Gasteiger partial charge in [0.2, 0.25) is 0 Å². The molecule has 0 atom stereocenters. The van der Waals surface area contributed by atoms with Crippen molar-refractivity contribution in [2.24, 2.45) is 0 Å². The Morgan fingerprint density at radius 2 is 2.11 bits per heavy atom. The summed E-state index contributed by atoms with van der Waals surface area (Å²) in [5.74, 6) is -0.0813. The Morgan fingerprint density at radius 3 is 2.68 bits per heavy atom. The van der Waals surface area contributed by atoms with Crippen molar-refractivity contribution in [3.63, 3.8) is 0 Å². The van der Waals surface area contributed by atoms with E-state index in [2.05, 4.69) is 4.74 Å². The zero-order valence-corrected chi connectivity index (χ0v) is 10.9. The molecule has 1 aliphatic rings. The van der Waals surface area contributed by atoms with Crippen molar-refractivity contribution in [3.8, 4) is 5.75 Å². The summed E-state index contributed by atoms with van der Waals surface area (Å²) < 4.78 is 29.0. The number of carbonyl (C=O) groups is 1. The average Bonchev–Trinajstić information content (AvgIpc) is 3.19. The molecule has 0 N–H and O–H groups in total. The van der Waals surface area contributed by atoms with E-state index < -0.39 is 6.61 Å². The Labute approximate surface area is 115 Å². The van der Waals surface area contributed by atoms with Crippen molar-refractivity contribution in [2.75, 3.05) is 12.4 Å². The highest BCUT2D eigenvalue weighted by atomic mass is 35.5. The van der Waals surface area contributed by atoms with Gasteiger partial charge in [0.25, 0.3) is 5.91 Å². The van der Waals surface area contributed by atoms with Crippen LogP contribution in [0.2, 0.25) is 0 Å². The van der Waals surface area contributed by atoms with Crippen molar-refractivity contribution >= 4 is 17.5 Å². The van der Waals surface area contributed by atoms with Crippen LogP contribution in [-0.4, -0.2) is 35.9 Å². The molecule has 1 fully saturated rings. The molecule has 19 heavy (non-hydrogen) atoms. The van der Waals surface area contributed by atoms with Crippen LogP contribution in [0.5, 0.6) is 5.75 Å². The third kappa shape index (κ3) is 3.56. The largest absolute Gasteiger partial charge is 0.434 e. The molecule has 1 aliphatic carbocycles. The minimum atomic E-state index is -2.95. The summed E-state index contributed by atoms with van der Waals surface area (Å²) in [6.07, 6.45) is 1.86. The van der Waals surface area contributed by atoms with Crippen LogP contribution in [0.25, 0.3) is 0 Å². The molecule has 0 aliphatic heterocycles.